The summed E-state index contributed by atoms with van der Waals surface area (Å²) in [6.07, 6.45) is 3.34. The van der Waals surface area contributed by atoms with Crippen LogP contribution in [0.15, 0.2) is 97.3 Å². The third-order valence-electron chi connectivity index (χ3n) is 5.19. The Balaban J connectivity index is 1.34. The number of benzene rings is 3. The maximum absolute atomic E-state index is 12.7. The summed E-state index contributed by atoms with van der Waals surface area (Å²) in [7, 11) is 0. The zero-order valence-electron chi connectivity index (χ0n) is 16.9. The van der Waals surface area contributed by atoms with Gasteiger partial charge in [-0.25, -0.2) is 4.68 Å². The van der Waals surface area contributed by atoms with Crippen LogP contribution in [-0.4, -0.2) is 26.6 Å². The van der Waals surface area contributed by atoms with Gasteiger partial charge in [-0.1, -0.05) is 54.6 Å². The van der Waals surface area contributed by atoms with Crippen LogP contribution in [0.2, 0.25) is 0 Å². The maximum Gasteiger partial charge on any atom is 0.271 e. The molecule has 7 heteroatoms. The van der Waals surface area contributed by atoms with Gasteiger partial charge in [0.1, 0.15) is 0 Å². The predicted molar refractivity (Wildman–Crippen MR) is 122 cm³/mol. The number of aromatic amines is 1. The highest BCUT2D eigenvalue weighted by Crippen LogP contribution is 2.22. The quantitative estimate of drug-likeness (QED) is 0.382. The normalized spacial score (nSPS) is 10.8. The van der Waals surface area contributed by atoms with E-state index >= 15 is 0 Å². The molecule has 3 N–H and O–H groups in total. The molecule has 0 aliphatic heterocycles. The van der Waals surface area contributed by atoms with Crippen molar-refractivity contribution in [2.45, 2.75) is 0 Å². The molecule has 2 aromatic heterocycles. The number of nitrogens with zero attached hydrogens (tertiary/aromatic N) is 2. The Morgan fingerprint density at radius 1 is 0.812 bits per heavy atom. The lowest BCUT2D eigenvalue weighted by molar-refractivity contribution is 0.0847. The summed E-state index contributed by atoms with van der Waals surface area (Å²) in [5.41, 5.74) is 9.36. The van der Waals surface area contributed by atoms with Gasteiger partial charge < -0.3 is 4.98 Å². The fraction of sp³-hybridized carbons (Fsp3) is 0. The minimum Gasteiger partial charge on any atom is -0.360 e. The molecule has 0 radical (unpaired) electrons. The van der Waals surface area contributed by atoms with Gasteiger partial charge >= 0.3 is 0 Å². The van der Waals surface area contributed by atoms with Gasteiger partial charge in [0.15, 0.2) is 0 Å². The number of para-hydroxylation sites is 1. The van der Waals surface area contributed by atoms with Crippen molar-refractivity contribution in [3.05, 3.63) is 108 Å². The minimum absolute atomic E-state index is 0.398. The second-order valence-electron chi connectivity index (χ2n) is 7.20. The first-order chi connectivity index (χ1) is 15.7. The zero-order chi connectivity index (χ0) is 21.9. The summed E-state index contributed by atoms with van der Waals surface area (Å²) in [5, 5.41) is 5.20. The standard InChI is InChI=1S/C25H19N5O2/c31-24(28-29-25(32)21-16-26-22-12-5-4-11-20(21)22)18-9-6-10-19(15-18)30-23(13-14-27-30)17-7-2-1-3-8-17/h1-16,26H,(H,28,31)(H,29,32). The molecule has 0 fully saturated rings. The zero-order valence-corrected chi connectivity index (χ0v) is 16.9. The topological polar surface area (TPSA) is 91.8 Å². The average molecular weight is 421 g/mol. The van der Waals surface area contributed by atoms with E-state index < -0.39 is 11.8 Å². The number of hydrazine groups is 1. The van der Waals surface area contributed by atoms with Gasteiger partial charge in [0.2, 0.25) is 0 Å². The number of hydrogen-bond donors (Lipinski definition) is 3. The van der Waals surface area contributed by atoms with Crippen LogP contribution in [0.1, 0.15) is 20.7 Å². The Kier molecular flexibility index (Phi) is 4.97. The smallest absolute Gasteiger partial charge is 0.271 e. The predicted octanol–water partition coefficient (Wildman–Crippen LogP) is 4.10. The highest BCUT2D eigenvalue weighted by Gasteiger charge is 2.14. The molecule has 156 valence electrons. The molecule has 0 bridgehead atoms. The lowest BCUT2D eigenvalue weighted by Gasteiger charge is -2.10. The van der Waals surface area contributed by atoms with Gasteiger partial charge in [-0.3, -0.25) is 20.4 Å². The second kappa shape index (κ2) is 8.23. The highest BCUT2D eigenvalue weighted by molar-refractivity contribution is 6.07. The van der Waals surface area contributed by atoms with Gasteiger partial charge in [-0.15, -0.1) is 0 Å². The number of carbonyl (C=O) groups excluding carboxylic acids is 2. The van der Waals surface area contributed by atoms with Crippen molar-refractivity contribution >= 4 is 22.7 Å². The van der Waals surface area contributed by atoms with Crippen molar-refractivity contribution in [3.8, 4) is 16.9 Å². The molecule has 0 aliphatic carbocycles. The van der Waals surface area contributed by atoms with Crippen molar-refractivity contribution in [3.63, 3.8) is 0 Å². The van der Waals surface area contributed by atoms with Crippen molar-refractivity contribution in [1.82, 2.24) is 25.6 Å². The van der Waals surface area contributed by atoms with E-state index in [1.54, 1.807) is 35.3 Å². The van der Waals surface area contributed by atoms with E-state index in [4.69, 9.17) is 0 Å². The van der Waals surface area contributed by atoms with Crippen molar-refractivity contribution in [1.29, 1.82) is 0 Å². The number of aromatic nitrogens is 3. The van der Waals surface area contributed by atoms with E-state index in [1.165, 1.54) is 0 Å². The number of hydrogen-bond acceptors (Lipinski definition) is 3. The number of carbonyl (C=O) groups is 2. The molecular weight excluding hydrogens is 402 g/mol. The van der Waals surface area contributed by atoms with Crippen LogP contribution in [0.3, 0.4) is 0 Å². The first kappa shape index (κ1) is 19.3. The molecule has 0 saturated heterocycles. The maximum atomic E-state index is 12.7. The van der Waals surface area contributed by atoms with E-state index in [2.05, 4.69) is 20.9 Å². The SMILES string of the molecule is O=C(NNC(=O)c1c[nH]c2ccccc12)c1cccc(-n2nccc2-c2ccccc2)c1. The monoisotopic (exact) mass is 421 g/mol. The van der Waals surface area contributed by atoms with Crippen LogP contribution in [-0.2, 0) is 0 Å². The first-order valence-corrected chi connectivity index (χ1v) is 10.1. The van der Waals surface area contributed by atoms with E-state index in [0.717, 1.165) is 27.8 Å². The average Bonchev–Trinajstić information content (AvgIpc) is 3.50. The number of nitrogens with one attached hydrogen (secondary N) is 3. The van der Waals surface area contributed by atoms with E-state index in [-0.39, 0.29) is 0 Å². The summed E-state index contributed by atoms with van der Waals surface area (Å²) in [6.45, 7) is 0. The fourth-order valence-electron chi connectivity index (χ4n) is 3.63. The third kappa shape index (κ3) is 3.63. The first-order valence-electron chi connectivity index (χ1n) is 10.1. The number of fused-ring (bicyclic) bond motifs is 1. The Morgan fingerprint density at radius 2 is 1.59 bits per heavy atom. The molecule has 0 atom stereocenters. The van der Waals surface area contributed by atoms with E-state index in [9.17, 15) is 9.59 Å². The molecule has 0 unspecified atom stereocenters. The van der Waals surface area contributed by atoms with Crippen molar-refractivity contribution < 1.29 is 9.59 Å². The van der Waals surface area contributed by atoms with E-state index in [1.807, 2.05) is 66.7 Å². The lowest BCUT2D eigenvalue weighted by atomic mass is 10.1. The van der Waals surface area contributed by atoms with Gasteiger partial charge in [0.25, 0.3) is 11.8 Å². The minimum atomic E-state index is -0.423. The summed E-state index contributed by atoms with van der Waals surface area (Å²) >= 11 is 0. The molecule has 0 saturated carbocycles. The Hall–Kier alpha value is -4.65. The van der Waals surface area contributed by atoms with Gasteiger partial charge in [-0.05, 0) is 30.3 Å². The molecule has 2 amide bonds. The molecule has 32 heavy (non-hydrogen) atoms. The van der Waals surface area contributed by atoms with Crippen LogP contribution in [0.25, 0.3) is 27.8 Å². The summed E-state index contributed by atoms with van der Waals surface area (Å²) < 4.78 is 1.77. The summed E-state index contributed by atoms with van der Waals surface area (Å²) in [6, 6.07) is 26.4. The molecule has 5 aromatic rings. The second-order valence-corrected chi connectivity index (χ2v) is 7.20. The molecule has 5 rings (SSSR count). The molecular formula is C25H19N5O2. The number of rotatable bonds is 4. The molecule has 3 aromatic carbocycles. The summed E-state index contributed by atoms with van der Waals surface area (Å²) in [4.78, 5) is 28.3. The molecule has 0 aliphatic rings. The number of amides is 2. The largest absolute Gasteiger partial charge is 0.360 e. The van der Waals surface area contributed by atoms with Crippen LogP contribution >= 0.6 is 0 Å². The van der Waals surface area contributed by atoms with Gasteiger partial charge in [0.05, 0.1) is 23.1 Å². The highest BCUT2D eigenvalue weighted by atomic mass is 16.2. The summed E-state index contributed by atoms with van der Waals surface area (Å²) in [5.74, 6) is -0.821. The van der Waals surface area contributed by atoms with Gasteiger partial charge in [0, 0.05) is 28.2 Å². The van der Waals surface area contributed by atoms with Crippen LogP contribution in [0, 0.1) is 0 Å². The number of H-pyrrole nitrogens is 1. The molecule has 7 nitrogen and oxygen atoms in total. The Morgan fingerprint density at radius 3 is 2.47 bits per heavy atom. The van der Waals surface area contributed by atoms with Crippen LogP contribution in [0.4, 0.5) is 0 Å². The van der Waals surface area contributed by atoms with Crippen LogP contribution in [0.5, 0.6) is 0 Å². The van der Waals surface area contributed by atoms with Crippen molar-refractivity contribution in [2.24, 2.45) is 0 Å². The third-order valence-corrected chi connectivity index (χ3v) is 5.19. The lowest BCUT2D eigenvalue weighted by Crippen LogP contribution is -2.41. The Bertz CT molecular complexity index is 1420. The molecule has 0 spiro atoms. The molecule has 2 heterocycles. The fourth-order valence-corrected chi connectivity index (χ4v) is 3.63. The van der Waals surface area contributed by atoms with Crippen molar-refractivity contribution in [2.75, 3.05) is 0 Å². The van der Waals surface area contributed by atoms with Crippen LogP contribution < -0.4 is 10.9 Å². The Labute approximate surface area is 183 Å². The van der Waals surface area contributed by atoms with Gasteiger partial charge in [-0.2, -0.15) is 5.10 Å². The van der Waals surface area contributed by atoms with E-state index in [0.29, 0.717) is 11.1 Å².